The molecule has 1 aromatic heterocycles. The van der Waals surface area contributed by atoms with Crippen molar-refractivity contribution < 1.29 is 27.4 Å². The van der Waals surface area contributed by atoms with E-state index in [2.05, 4.69) is 4.98 Å². The average Bonchev–Trinajstić information content (AvgIpc) is 2.63. The van der Waals surface area contributed by atoms with E-state index in [0.717, 1.165) is 6.20 Å². The Labute approximate surface area is 156 Å². The fourth-order valence-corrected chi connectivity index (χ4v) is 3.17. The summed E-state index contributed by atoms with van der Waals surface area (Å²) >= 11 is 0. The zero-order valence-electron chi connectivity index (χ0n) is 14.5. The zero-order valence-corrected chi connectivity index (χ0v) is 15.4. The largest absolute Gasteiger partial charge is 0.481 e. The molecule has 0 saturated heterocycles. The third kappa shape index (κ3) is 3.75. The van der Waals surface area contributed by atoms with Gasteiger partial charge in [0.15, 0.2) is 10.7 Å². The maximum Gasteiger partial charge on any atom is 0.310 e. The topological polar surface area (TPSA) is 93.6 Å². The summed E-state index contributed by atoms with van der Waals surface area (Å²) in [6, 6.07) is 8.57. The van der Waals surface area contributed by atoms with Crippen LogP contribution in [0.2, 0.25) is 0 Å². The van der Waals surface area contributed by atoms with Gasteiger partial charge in [0.2, 0.25) is 5.88 Å². The summed E-state index contributed by atoms with van der Waals surface area (Å²) in [4.78, 5) is 15.4. The second kappa shape index (κ2) is 7.32. The van der Waals surface area contributed by atoms with Crippen molar-refractivity contribution in [3.8, 4) is 11.6 Å². The predicted octanol–water partition coefficient (Wildman–Crippen LogP) is 3.63. The molecule has 140 valence electrons. The highest BCUT2D eigenvalue weighted by molar-refractivity contribution is 7.72. The van der Waals surface area contributed by atoms with Crippen LogP contribution in [0.3, 0.4) is 0 Å². The van der Waals surface area contributed by atoms with Crippen molar-refractivity contribution in [1.82, 2.24) is 4.98 Å². The third-order valence-corrected chi connectivity index (χ3v) is 5.01. The molecule has 6 nitrogen and oxygen atoms in total. The van der Waals surface area contributed by atoms with Crippen LogP contribution in [0.25, 0.3) is 10.8 Å². The lowest BCUT2D eigenvalue weighted by Gasteiger charge is -2.18. The molecule has 1 unspecified atom stereocenters. The van der Waals surface area contributed by atoms with Gasteiger partial charge < -0.3 is 9.84 Å². The number of pyridine rings is 1. The van der Waals surface area contributed by atoms with Gasteiger partial charge in [-0.1, -0.05) is 6.07 Å². The molecule has 0 fully saturated rings. The van der Waals surface area contributed by atoms with Gasteiger partial charge in [-0.3, -0.25) is 4.79 Å². The number of carbonyl (C=O) groups is 1. The van der Waals surface area contributed by atoms with Crippen LogP contribution in [-0.2, 0) is 15.5 Å². The Balaban J connectivity index is 2.17. The molecule has 1 heterocycles. The van der Waals surface area contributed by atoms with Crippen LogP contribution < -0.4 is 4.74 Å². The van der Waals surface area contributed by atoms with Crippen LogP contribution in [0.4, 0.5) is 4.39 Å². The summed E-state index contributed by atoms with van der Waals surface area (Å²) in [5.41, 5.74) is 1.08. The highest BCUT2D eigenvalue weighted by Gasteiger charge is 2.21. The first-order valence-corrected chi connectivity index (χ1v) is 9.19. The van der Waals surface area contributed by atoms with Crippen molar-refractivity contribution >= 4 is 27.4 Å². The summed E-state index contributed by atoms with van der Waals surface area (Å²) < 4.78 is 41.6. The molecule has 0 aliphatic carbocycles. The van der Waals surface area contributed by atoms with E-state index in [-0.39, 0.29) is 16.5 Å². The molecule has 0 saturated carbocycles. The smallest absolute Gasteiger partial charge is 0.310 e. The lowest BCUT2D eigenvalue weighted by atomic mass is 9.92. The van der Waals surface area contributed by atoms with Crippen LogP contribution in [-0.4, -0.2) is 24.5 Å². The fraction of sp³-hybridized carbons (Fsp3) is 0.158. The molecular formula is C19H16FNO5S. The number of ether oxygens (including phenoxy) is 1. The van der Waals surface area contributed by atoms with Crippen molar-refractivity contribution in [2.45, 2.75) is 24.7 Å². The minimum atomic E-state index is -2.76. The van der Waals surface area contributed by atoms with Gasteiger partial charge in [0.05, 0.1) is 10.8 Å². The summed E-state index contributed by atoms with van der Waals surface area (Å²) in [6.07, 6.45) is 1.16. The first-order valence-electron chi connectivity index (χ1n) is 8.01. The summed E-state index contributed by atoms with van der Waals surface area (Å²) in [5, 5.41) is 10.5. The van der Waals surface area contributed by atoms with E-state index < -0.39 is 28.4 Å². The van der Waals surface area contributed by atoms with E-state index in [1.54, 1.807) is 26.0 Å². The highest BCUT2D eigenvalue weighted by atomic mass is 32.2. The standard InChI is InChI=1S/C19H16FNO5S/c1-10-15(11(2)19(22)23)7-12-3-4-13(20)8-16(12)18(10)26-17-6-5-14(9-21-17)27(24)25/h3-9,11,27H,1-2H3,(H,22,23). The molecule has 0 spiro atoms. The van der Waals surface area contributed by atoms with Crippen molar-refractivity contribution in [2.75, 3.05) is 0 Å². The Kier molecular flexibility index (Phi) is 5.09. The normalized spacial score (nSPS) is 12.3. The summed E-state index contributed by atoms with van der Waals surface area (Å²) in [6.45, 7) is 3.25. The van der Waals surface area contributed by atoms with Gasteiger partial charge in [0.1, 0.15) is 11.6 Å². The van der Waals surface area contributed by atoms with E-state index in [4.69, 9.17) is 4.74 Å². The van der Waals surface area contributed by atoms with Crippen LogP contribution in [0, 0.1) is 12.7 Å². The number of rotatable bonds is 5. The Morgan fingerprint density at radius 1 is 1.22 bits per heavy atom. The van der Waals surface area contributed by atoms with Gasteiger partial charge in [0, 0.05) is 17.6 Å². The Morgan fingerprint density at radius 3 is 2.56 bits per heavy atom. The minimum Gasteiger partial charge on any atom is -0.481 e. The molecule has 0 bridgehead atoms. The van der Waals surface area contributed by atoms with Gasteiger partial charge in [-0.2, -0.15) is 0 Å². The second-order valence-corrected chi connectivity index (χ2v) is 7.09. The molecule has 3 rings (SSSR count). The summed E-state index contributed by atoms with van der Waals surface area (Å²) in [7, 11) is -2.76. The van der Waals surface area contributed by atoms with Crippen molar-refractivity contribution in [3.63, 3.8) is 0 Å². The maximum absolute atomic E-state index is 13.8. The number of hydrogen-bond donors (Lipinski definition) is 2. The summed E-state index contributed by atoms with van der Waals surface area (Å²) in [5.74, 6) is -1.85. The Morgan fingerprint density at radius 2 is 1.96 bits per heavy atom. The van der Waals surface area contributed by atoms with Crippen LogP contribution >= 0.6 is 0 Å². The molecule has 27 heavy (non-hydrogen) atoms. The van der Waals surface area contributed by atoms with Gasteiger partial charge >= 0.3 is 5.97 Å². The number of thiol groups is 1. The van der Waals surface area contributed by atoms with Gasteiger partial charge in [0.25, 0.3) is 0 Å². The van der Waals surface area contributed by atoms with E-state index in [1.165, 1.54) is 24.3 Å². The molecule has 0 radical (unpaired) electrons. The van der Waals surface area contributed by atoms with E-state index in [9.17, 15) is 22.7 Å². The number of nitrogens with zero attached hydrogens (tertiary/aromatic N) is 1. The average molecular weight is 389 g/mol. The minimum absolute atomic E-state index is 0.0400. The molecule has 3 aromatic rings. The number of carboxylic acids is 1. The van der Waals surface area contributed by atoms with Gasteiger partial charge in [-0.25, -0.2) is 17.8 Å². The van der Waals surface area contributed by atoms with Gasteiger partial charge in [-0.05, 0) is 54.6 Å². The van der Waals surface area contributed by atoms with E-state index in [0.29, 0.717) is 21.9 Å². The number of aliphatic carboxylic acids is 1. The monoisotopic (exact) mass is 389 g/mol. The lowest BCUT2D eigenvalue weighted by molar-refractivity contribution is -0.138. The Hall–Kier alpha value is -3.00. The highest BCUT2D eigenvalue weighted by Crippen LogP contribution is 2.38. The molecule has 0 aliphatic rings. The third-order valence-electron chi connectivity index (χ3n) is 4.32. The molecule has 1 N–H and O–H groups in total. The van der Waals surface area contributed by atoms with Crippen molar-refractivity contribution in [2.24, 2.45) is 0 Å². The van der Waals surface area contributed by atoms with Crippen LogP contribution in [0.1, 0.15) is 24.0 Å². The number of halogens is 1. The van der Waals surface area contributed by atoms with E-state index >= 15 is 0 Å². The zero-order chi connectivity index (χ0) is 19.7. The quantitative estimate of drug-likeness (QED) is 0.647. The number of carboxylic acid groups (broad SMARTS) is 1. The van der Waals surface area contributed by atoms with Crippen LogP contribution in [0.5, 0.6) is 11.6 Å². The van der Waals surface area contributed by atoms with Crippen molar-refractivity contribution in [3.05, 3.63) is 59.5 Å². The maximum atomic E-state index is 13.8. The molecule has 1 atom stereocenters. The first kappa shape index (κ1) is 18.8. The molecule has 8 heteroatoms. The van der Waals surface area contributed by atoms with Crippen molar-refractivity contribution in [1.29, 1.82) is 0 Å². The lowest BCUT2D eigenvalue weighted by Crippen LogP contribution is -2.10. The van der Waals surface area contributed by atoms with E-state index in [1.807, 2.05) is 0 Å². The number of hydrogen-bond acceptors (Lipinski definition) is 5. The van der Waals surface area contributed by atoms with Crippen LogP contribution in [0.15, 0.2) is 47.5 Å². The molecule has 0 amide bonds. The number of benzene rings is 2. The Bertz CT molecular complexity index is 1100. The first-order chi connectivity index (χ1) is 12.8. The SMILES string of the molecule is Cc1c(C(C)C(=O)O)cc2ccc(F)cc2c1Oc1ccc([SH](=O)=O)cn1. The predicted molar refractivity (Wildman–Crippen MR) is 97.6 cm³/mol. The molecule has 2 aromatic carbocycles. The van der Waals surface area contributed by atoms with Gasteiger partial charge in [-0.15, -0.1) is 0 Å². The number of fused-ring (bicyclic) bond motifs is 1. The number of aromatic nitrogens is 1. The fourth-order valence-electron chi connectivity index (χ4n) is 2.82. The second-order valence-electron chi connectivity index (χ2n) is 6.06. The molecular weight excluding hydrogens is 373 g/mol. The molecule has 0 aliphatic heterocycles.